The van der Waals surface area contributed by atoms with Gasteiger partial charge in [0.05, 0.1) is 16.4 Å². The summed E-state index contributed by atoms with van der Waals surface area (Å²) < 4.78 is 29.7. The molecule has 1 aliphatic carbocycles. The van der Waals surface area contributed by atoms with Gasteiger partial charge in [0.2, 0.25) is 0 Å². The molecule has 1 aromatic rings. The van der Waals surface area contributed by atoms with Crippen LogP contribution in [0.25, 0.3) is 0 Å². The summed E-state index contributed by atoms with van der Waals surface area (Å²) in [5.74, 6) is -4.39. The fraction of sp³-hybridized carbons (Fsp3) is 0.364. The summed E-state index contributed by atoms with van der Waals surface area (Å²) in [5.41, 5.74) is -0.0511. The van der Waals surface area contributed by atoms with Crippen molar-refractivity contribution in [2.75, 3.05) is 6.61 Å². The minimum atomic E-state index is -2.73. The van der Waals surface area contributed by atoms with Crippen LogP contribution < -0.4 is 0 Å². The van der Waals surface area contributed by atoms with Gasteiger partial charge in [-0.1, -0.05) is 0 Å². The molecule has 0 N–H and O–H groups in total. The summed E-state index contributed by atoms with van der Waals surface area (Å²) >= 11 is 0. The van der Waals surface area contributed by atoms with Crippen molar-refractivity contribution in [1.29, 1.82) is 0 Å². The molecule has 1 aromatic carbocycles. The predicted molar refractivity (Wildman–Crippen MR) is 56.4 cm³/mol. The SMILES string of the molecule is O=C(OCC1CC1(F)F)c1ccc([N+](=O)[O-])cc1. The predicted octanol–water partition coefficient (Wildman–Crippen LogP) is 2.41. The van der Waals surface area contributed by atoms with Crippen molar-refractivity contribution < 1.29 is 23.2 Å². The molecule has 0 aromatic heterocycles. The number of ether oxygens (including phenoxy) is 1. The van der Waals surface area contributed by atoms with Crippen LogP contribution in [-0.2, 0) is 4.74 Å². The molecule has 0 saturated heterocycles. The van der Waals surface area contributed by atoms with Gasteiger partial charge in [0, 0.05) is 18.6 Å². The largest absolute Gasteiger partial charge is 0.462 e. The lowest BCUT2D eigenvalue weighted by Crippen LogP contribution is -2.10. The highest BCUT2D eigenvalue weighted by Crippen LogP contribution is 2.48. The van der Waals surface area contributed by atoms with Gasteiger partial charge in [-0.15, -0.1) is 0 Å². The molecule has 0 aliphatic heterocycles. The summed E-state index contributed by atoms with van der Waals surface area (Å²) in [5, 5.41) is 10.4. The maximum Gasteiger partial charge on any atom is 0.338 e. The lowest BCUT2D eigenvalue weighted by Gasteiger charge is -2.03. The molecule has 96 valence electrons. The first-order valence-electron chi connectivity index (χ1n) is 5.19. The van der Waals surface area contributed by atoms with E-state index in [9.17, 15) is 23.7 Å². The van der Waals surface area contributed by atoms with E-state index in [-0.39, 0.29) is 24.3 Å². The average Bonchev–Trinajstić information content (AvgIpc) is 2.94. The Balaban J connectivity index is 1.91. The van der Waals surface area contributed by atoms with Crippen LogP contribution in [0.15, 0.2) is 24.3 Å². The normalized spacial score (nSPS) is 20.2. The summed E-state index contributed by atoms with van der Waals surface area (Å²) in [6, 6.07) is 4.77. The number of halogens is 2. The average molecular weight is 257 g/mol. The first kappa shape index (κ1) is 12.4. The quantitative estimate of drug-likeness (QED) is 0.472. The zero-order chi connectivity index (χ0) is 13.3. The molecule has 1 fully saturated rings. The highest BCUT2D eigenvalue weighted by molar-refractivity contribution is 5.89. The van der Waals surface area contributed by atoms with Crippen LogP contribution in [0.3, 0.4) is 0 Å². The van der Waals surface area contributed by atoms with Gasteiger partial charge in [0.1, 0.15) is 6.61 Å². The highest BCUT2D eigenvalue weighted by atomic mass is 19.3. The number of rotatable bonds is 4. The Morgan fingerprint density at radius 1 is 1.44 bits per heavy atom. The highest BCUT2D eigenvalue weighted by Gasteiger charge is 2.57. The minimum Gasteiger partial charge on any atom is -0.462 e. The van der Waals surface area contributed by atoms with Gasteiger partial charge in [-0.25, -0.2) is 13.6 Å². The third-order valence-corrected chi connectivity index (χ3v) is 2.69. The Hall–Kier alpha value is -2.05. The number of hydrogen-bond acceptors (Lipinski definition) is 4. The Morgan fingerprint density at radius 3 is 2.44 bits per heavy atom. The topological polar surface area (TPSA) is 69.4 Å². The smallest absolute Gasteiger partial charge is 0.338 e. The number of alkyl halides is 2. The Kier molecular flexibility index (Phi) is 2.98. The van der Waals surface area contributed by atoms with Gasteiger partial charge in [0.15, 0.2) is 0 Å². The van der Waals surface area contributed by atoms with Gasteiger partial charge in [-0.2, -0.15) is 0 Å². The number of carbonyl (C=O) groups is 1. The summed E-state index contributed by atoms with van der Waals surface area (Å²) in [7, 11) is 0. The first-order valence-corrected chi connectivity index (χ1v) is 5.19. The summed E-state index contributed by atoms with van der Waals surface area (Å²) in [6.07, 6.45) is -0.263. The standard InChI is InChI=1S/C11H9F2NO4/c12-11(13)5-8(11)6-18-10(15)7-1-3-9(4-2-7)14(16)17/h1-4,8H,5-6H2. The van der Waals surface area contributed by atoms with Crippen LogP contribution in [0.4, 0.5) is 14.5 Å². The number of nitro groups is 1. The second kappa shape index (κ2) is 4.32. The second-order valence-electron chi connectivity index (χ2n) is 4.06. The van der Waals surface area contributed by atoms with Crippen LogP contribution in [0.2, 0.25) is 0 Å². The number of non-ortho nitro benzene ring substituents is 1. The van der Waals surface area contributed by atoms with Crippen molar-refractivity contribution in [2.24, 2.45) is 5.92 Å². The lowest BCUT2D eigenvalue weighted by molar-refractivity contribution is -0.384. The molecule has 7 heteroatoms. The molecule has 1 saturated carbocycles. The number of esters is 1. The summed E-state index contributed by atoms with van der Waals surface area (Å²) in [6.45, 7) is -0.331. The monoisotopic (exact) mass is 257 g/mol. The third kappa shape index (κ3) is 2.61. The number of hydrogen-bond donors (Lipinski definition) is 0. The minimum absolute atomic E-state index is 0.101. The van der Waals surface area contributed by atoms with Crippen LogP contribution in [-0.4, -0.2) is 23.4 Å². The van der Waals surface area contributed by atoms with E-state index in [2.05, 4.69) is 0 Å². The molecular weight excluding hydrogens is 248 g/mol. The molecule has 2 rings (SSSR count). The van der Waals surface area contributed by atoms with E-state index in [1.165, 1.54) is 12.1 Å². The third-order valence-electron chi connectivity index (χ3n) is 2.69. The van der Waals surface area contributed by atoms with E-state index in [0.29, 0.717) is 0 Å². The molecule has 5 nitrogen and oxygen atoms in total. The maximum atomic E-state index is 12.5. The van der Waals surface area contributed by atoms with Crippen LogP contribution in [0.5, 0.6) is 0 Å². The Labute approximate surface area is 101 Å². The van der Waals surface area contributed by atoms with Gasteiger partial charge in [-0.05, 0) is 12.1 Å². The molecule has 0 spiro atoms. The van der Waals surface area contributed by atoms with Gasteiger partial charge >= 0.3 is 5.97 Å². The van der Waals surface area contributed by atoms with E-state index >= 15 is 0 Å². The van der Waals surface area contributed by atoms with Crippen molar-refractivity contribution in [3.05, 3.63) is 39.9 Å². The molecule has 0 bridgehead atoms. The van der Waals surface area contributed by atoms with Crippen molar-refractivity contribution in [3.8, 4) is 0 Å². The van der Waals surface area contributed by atoms with Crippen LogP contribution in [0.1, 0.15) is 16.8 Å². The van der Waals surface area contributed by atoms with E-state index in [0.717, 1.165) is 12.1 Å². The molecule has 0 amide bonds. The summed E-state index contributed by atoms with van der Waals surface area (Å²) in [4.78, 5) is 21.2. The molecular formula is C11H9F2NO4. The van der Waals surface area contributed by atoms with Crippen molar-refractivity contribution in [1.82, 2.24) is 0 Å². The fourth-order valence-corrected chi connectivity index (χ4v) is 1.43. The number of carbonyl (C=O) groups excluding carboxylic acids is 1. The molecule has 0 radical (unpaired) electrons. The molecule has 1 atom stereocenters. The first-order chi connectivity index (χ1) is 8.40. The van der Waals surface area contributed by atoms with E-state index in [4.69, 9.17) is 4.74 Å². The Bertz CT molecular complexity index is 486. The number of benzene rings is 1. The second-order valence-corrected chi connectivity index (χ2v) is 4.06. The molecule has 0 heterocycles. The number of nitrogens with zero attached hydrogens (tertiary/aromatic N) is 1. The maximum absolute atomic E-state index is 12.5. The molecule has 1 aliphatic rings. The van der Waals surface area contributed by atoms with E-state index < -0.39 is 22.7 Å². The van der Waals surface area contributed by atoms with Crippen molar-refractivity contribution >= 4 is 11.7 Å². The fourth-order valence-electron chi connectivity index (χ4n) is 1.43. The van der Waals surface area contributed by atoms with Crippen LogP contribution >= 0.6 is 0 Å². The van der Waals surface area contributed by atoms with E-state index in [1.54, 1.807) is 0 Å². The molecule has 18 heavy (non-hydrogen) atoms. The zero-order valence-corrected chi connectivity index (χ0v) is 9.14. The zero-order valence-electron chi connectivity index (χ0n) is 9.14. The van der Waals surface area contributed by atoms with Gasteiger partial charge < -0.3 is 4.74 Å². The van der Waals surface area contributed by atoms with Gasteiger partial charge in [-0.3, -0.25) is 10.1 Å². The van der Waals surface area contributed by atoms with E-state index in [1.807, 2.05) is 0 Å². The van der Waals surface area contributed by atoms with Crippen molar-refractivity contribution in [3.63, 3.8) is 0 Å². The lowest BCUT2D eigenvalue weighted by atomic mass is 10.2. The Morgan fingerprint density at radius 2 is 2.00 bits per heavy atom. The van der Waals surface area contributed by atoms with Crippen LogP contribution in [0, 0.1) is 16.0 Å². The van der Waals surface area contributed by atoms with Crippen molar-refractivity contribution in [2.45, 2.75) is 12.3 Å². The van der Waals surface area contributed by atoms with Gasteiger partial charge in [0.25, 0.3) is 11.6 Å². The molecule has 1 unspecified atom stereocenters. The number of nitro benzene ring substituents is 1.